The number of aromatic nitrogens is 3. The van der Waals surface area contributed by atoms with Crippen molar-refractivity contribution >= 4 is 28.5 Å². The molecule has 8 heteroatoms. The topological polar surface area (TPSA) is 95.2 Å². The summed E-state index contributed by atoms with van der Waals surface area (Å²) in [5.41, 5.74) is 4.27. The number of anilines is 1. The van der Waals surface area contributed by atoms with Gasteiger partial charge in [0.25, 0.3) is 11.5 Å². The Morgan fingerprint density at radius 2 is 1.80 bits per heavy atom. The summed E-state index contributed by atoms with van der Waals surface area (Å²) in [5.74, 6) is -0.714. The SMILES string of the molecule is CCC(C)(C)[C@H]1CCc2nc3ccccc3c(C(=O)O[C@H](C)C(=O)Nc3c(C)n(C)n(-c4ccccc4)c3=O)c2C1. The van der Waals surface area contributed by atoms with Crippen LogP contribution in [0.5, 0.6) is 0 Å². The van der Waals surface area contributed by atoms with Crippen LogP contribution < -0.4 is 10.9 Å². The minimum Gasteiger partial charge on any atom is -0.449 e. The number of nitrogens with zero attached hydrogens (tertiary/aromatic N) is 3. The predicted octanol–water partition coefficient (Wildman–Crippen LogP) is 5.76. The average Bonchev–Trinajstić information content (AvgIpc) is 3.18. The second-order valence-corrected chi connectivity index (χ2v) is 11.7. The van der Waals surface area contributed by atoms with E-state index in [2.05, 4.69) is 26.1 Å². The number of ether oxygens (including phenoxy) is 1. The fraction of sp³-hybridized carbons (Fsp3) is 0.394. The maximum atomic E-state index is 13.8. The van der Waals surface area contributed by atoms with Gasteiger partial charge in [0, 0.05) is 18.1 Å². The largest absolute Gasteiger partial charge is 0.449 e. The van der Waals surface area contributed by atoms with E-state index < -0.39 is 18.0 Å². The number of hydrogen-bond donors (Lipinski definition) is 1. The lowest BCUT2D eigenvalue weighted by Gasteiger charge is -2.37. The molecule has 4 aromatic rings. The zero-order valence-electron chi connectivity index (χ0n) is 24.7. The van der Waals surface area contributed by atoms with Crippen molar-refractivity contribution in [2.45, 2.75) is 66.4 Å². The number of rotatable bonds is 7. The second kappa shape index (κ2) is 11.0. The molecule has 214 valence electrons. The van der Waals surface area contributed by atoms with E-state index in [-0.39, 0.29) is 16.7 Å². The molecule has 0 saturated carbocycles. The molecule has 2 heterocycles. The number of fused-ring (bicyclic) bond motifs is 2. The van der Waals surface area contributed by atoms with E-state index in [0.29, 0.717) is 22.9 Å². The molecule has 0 saturated heterocycles. The van der Waals surface area contributed by atoms with Crippen LogP contribution in [0.1, 0.15) is 67.8 Å². The van der Waals surface area contributed by atoms with Crippen LogP contribution in [0.2, 0.25) is 0 Å². The van der Waals surface area contributed by atoms with Crippen LogP contribution in [0, 0.1) is 18.3 Å². The summed E-state index contributed by atoms with van der Waals surface area (Å²) >= 11 is 0. The molecule has 1 aliphatic carbocycles. The van der Waals surface area contributed by atoms with E-state index >= 15 is 0 Å². The first kappa shape index (κ1) is 28.3. The molecule has 1 N–H and O–H groups in total. The number of para-hydroxylation sites is 2. The van der Waals surface area contributed by atoms with Crippen LogP contribution in [0.25, 0.3) is 16.6 Å². The predicted molar refractivity (Wildman–Crippen MR) is 161 cm³/mol. The highest BCUT2D eigenvalue weighted by Gasteiger charge is 2.35. The first-order chi connectivity index (χ1) is 19.5. The van der Waals surface area contributed by atoms with Gasteiger partial charge in [0.15, 0.2) is 6.10 Å². The van der Waals surface area contributed by atoms with E-state index in [0.717, 1.165) is 47.8 Å². The fourth-order valence-corrected chi connectivity index (χ4v) is 5.79. The van der Waals surface area contributed by atoms with Crippen molar-refractivity contribution in [2.75, 3.05) is 5.32 Å². The normalized spacial score (nSPS) is 15.8. The van der Waals surface area contributed by atoms with Gasteiger partial charge < -0.3 is 10.1 Å². The van der Waals surface area contributed by atoms with Gasteiger partial charge in [-0.05, 0) is 68.2 Å². The van der Waals surface area contributed by atoms with Crippen LogP contribution in [-0.4, -0.2) is 32.3 Å². The Hall–Kier alpha value is -4.20. The molecule has 2 aromatic heterocycles. The number of hydrogen-bond acceptors (Lipinski definition) is 5. The molecule has 8 nitrogen and oxygen atoms in total. The van der Waals surface area contributed by atoms with Crippen molar-refractivity contribution in [3.63, 3.8) is 0 Å². The summed E-state index contributed by atoms with van der Waals surface area (Å²) in [7, 11) is 1.76. The van der Waals surface area contributed by atoms with E-state index in [1.165, 1.54) is 11.6 Å². The average molecular weight is 555 g/mol. The Labute approximate surface area is 240 Å². The molecular formula is C33H38N4O4. The van der Waals surface area contributed by atoms with E-state index in [1.54, 1.807) is 18.7 Å². The highest BCUT2D eigenvalue weighted by atomic mass is 16.5. The van der Waals surface area contributed by atoms with Crippen molar-refractivity contribution < 1.29 is 14.3 Å². The molecule has 0 spiro atoms. The lowest BCUT2D eigenvalue weighted by molar-refractivity contribution is -0.123. The Kier molecular flexibility index (Phi) is 7.60. The molecule has 0 radical (unpaired) electrons. The highest BCUT2D eigenvalue weighted by molar-refractivity contribution is 6.06. The zero-order valence-corrected chi connectivity index (χ0v) is 24.7. The van der Waals surface area contributed by atoms with Crippen molar-refractivity contribution in [3.05, 3.63) is 87.5 Å². The molecule has 0 aliphatic heterocycles. The Bertz CT molecular complexity index is 1680. The monoisotopic (exact) mass is 554 g/mol. The maximum absolute atomic E-state index is 13.8. The van der Waals surface area contributed by atoms with Crippen LogP contribution in [0.3, 0.4) is 0 Å². The summed E-state index contributed by atoms with van der Waals surface area (Å²) in [4.78, 5) is 45.2. The minimum atomic E-state index is -1.12. The molecule has 41 heavy (non-hydrogen) atoms. The first-order valence-electron chi connectivity index (χ1n) is 14.3. The maximum Gasteiger partial charge on any atom is 0.339 e. The van der Waals surface area contributed by atoms with E-state index in [9.17, 15) is 14.4 Å². The number of pyridine rings is 1. The summed E-state index contributed by atoms with van der Waals surface area (Å²) in [5, 5.41) is 3.44. The molecule has 0 unspecified atom stereocenters. The summed E-state index contributed by atoms with van der Waals surface area (Å²) in [6, 6.07) is 16.8. The number of nitrogens with one attached hydrogen (secondary N) is 1. The van der Waals surface area contributed by atoms with Gasteiger partial charge in [-0.2, -0.15) is 0 Å². The second-order valence-electron chi connectivity index (χ2n) is 11.7. The van der Waals surface area contributed by atoms with Crippen molar-refractivity contribution in [3.8, 4) is 5.69 Å². The van der Waals surface area contributed by atoms with Gasteiger partial charge in [-0.3, -0.25) is 19.3 Å². The smallest absolute Gasteiger partial charge is 0.339 e. The molecule has 0 bridgehead atoms. The fourth-order valence-electron chi connectivity index (χ4n) is 5.79. The van der Waals surface area contributed by atoms with Crippen LogP contribution >= 0.6 is 0 Å². The Balaban J connectivity index is 1.43. The third-order valence-electron chi connectivity index (χ3n) is 8.94. The van der Waals surface area contributed by atoms with Gasteiger partial charge in [-0.25, -0.2) is 9.48 Å². The number of amides is 1. The van der Waals surface area contributed by atoms with Crippen LogP contribution in [0.4, 0.5) is 5.69 Å². The quantitative estimate of drug-likeness (QED) is 0.293. The highest BCUT2D eigenvalue weighted by Crippen LogP contribution is 2.41. The minimum absolute atomic E-state index is 0.123. The molecule has 5 rings (SSSR count). The van der Waals surface area contributed by atoms with Gasteiger partial charge in [-0.15, -0.1) is 0 Å². The van der Waals surface area contributed by atoms with Gasteiger partial charge in [-0.1, -0.05) is 63.6 Å². The molecule has 0 fully saturated rings. The van der Waals surface area contributed by atoms with Crippen LogP contribution in [-0.2, 0) is 29.4 Å². The standard InChI is InChI=1S/C33H38N4O4/c1-7-33(4,5)22-17-18-27-25(19-22)28(24-15-11-12-16-26(24)34-27)32(40)41-21(3)30(38)35-29-20(2)36(6)37(31(29)39)23-13-9-8-10-14-23/h8-16,21-22H,7,17-19H2,1-6H3,(H,35,38)/t21-,22+/m1/s1. The molecule has 1 amide bonds. The van der Waals surface area contributed by atoms with Crippen molar-refractivity contribution in [1.29, 1.82) is 0 Å². The number of esters is 1. The summed E-state index contributed by atoms with van der Waals surface area (Å²) < 4.78 is 8.98. The number of carbonyl (C=O) groups excluding carboxylic acids is 2. The number of benzene rings is 2. The molecular weight excluding hydrogens is 516 g/mol. The first-order valence-corrected chi connectivity index (χ1v) is 14.3. The summed E-state index contributed by atoms with van der Waals surface area (Å²) in [6.07, 6.45) is 2.47. The van der Waals surface area contributed by atoms with Crippen molar-refractivity contribution in [1.82, 2.24) is 14.3 Å². The lowest BCUT2D eigenvalue weighted by atomic mass is 9.68. The molecule has 2 aromatic carbocycles. The molecule has 2 atom stereocenters. The third kappa shape index (κ3) is 5.19. The number of aryl methyl sites for hydroxylation is 1. The Morgan fingerprint density at radius 3 is 2.51 bits per heavy atom. The zero-order chi connectivity index (χ0) is 29.5. The van der Waals surface area contributed by atoms with Gasteiger partial charge in [0.05, 0.1) is 22.5 Å². The van der Waals surface area contributed by atoms with E-state index in [1.807, 2.05) is 54.6 Å². The van der Waals surface area contributed by atoms with Crippen LogP contribution in [0.15, 0.2) is 59.4 Å². The Morgan fingerprint density at radius 1 is 1.12 bits per heavy atom. The van der Waals surface area contributed by atoms with Gasteiger partial charge >= 0.3 is 5.97 Å². The van der Waals surface area contributed by atoms with Gasteiger partial charge in [0.1, 0.15) is 5.69 Å². The number of carbonyl (C=O) groups is 2. The molecule has 1 aliphatic rings. The van der Waals surface area contributed by atoms with E-state index in [4.69, 9.17) is 9.72 Å². The van der Waals surface area contributed by atoms with Gasteiger partial charge in [0.2, 0.25) is 0 Å². The third-order valence-corrected chi connectivity index (χ3v) is 8.94. The lowest BCUT2D eigenvalue weighted by Crippen LogP contribution is -2.33. The summed E-state index contributed by atoms with van der Waals surface area (Å²) in [6.45, 7) is 10.0. The van der Waals surface area contributed by atoms with Crippen molar-refractivity contribution in [2.24, 2.45) is 18.4 Å².